The van der Waals surface area contributed by atoms with Crippen molar-refractivity contribution in [1.82, 2.24) is 0 Å². The van der Waals surface area contributed by atoms with Gasteiger partial charge in [0.15, 0.2) is 0 Å². The summed E-state index contributed by atoms with van der Waals surface area (Å²) in [6.45, 7) is 1.48. The molecule has 1 fully saturated rings. The van der Waals surface area contributed by atoms with Gasteiger partial charge in [0, 0.05) is 13.2 Å². The van der Waals surface area contributed by atoms with Gasteiger partial charge in [-0.25, -0.2) is 0 Å². The Morgan fingerprint density at radius 3 is 2.38 bits per heavy atom. The third kappa shape index (κ3) is 1.21. The van der Waals surface area contributed by atoms with Crippen LogP contribution in [0.2, 0.25) is 0 Å². The van der Waals surface area contributed by atoms with Gasteiger partial charge in [-0.05, 0) is 12.8 Å². The fourth-order valence-corrected chi connectivity index (χ4v) is 0.730. The topological polar surface area (TPSA) is 33.0 Å². The van der Waals surface area contributed by atoms with Gasteiger partial charge < -0.3 is 4.74 Å². The molecule has 2 nitrogen and oxygen atoms in total. The van der Waals surface area contributed by atoms with E-state index >= 15 is 0 Å². The van der Waals surface area contributed by atoms with E-state index in [9.17, 15) is 0 Å². The summed E-state index contributed by atoms with van der Waals surface area (Å²) >= 11 is 0. The van der Waals surface area contributed by atoms with Crippen LogP contribution in [-0.4, -0.2) is 13.2 Å². The van der Waals surface area contributed by atoms with Gasteiger partial charge in [-0.15, -0.1) is 0 Å². The van der Waals surface area contributed by atoms with Crippen LogP contribution in [0.5, 0.6) is 0 Å². The van der Waals surface area contributed by atoms with Crippen LogP contribution < -0.4 is 0 Å². The van der Waals surface area contributed by atoms with Crippen molar-refractivity contribution in [3.8, 4) is 6.07 Å². The van der Waals surface area contributed by atoms with E-state index in [1.165, 1.54) is 0 Å². The van der Waals surface area contributed by atoms with Crippen LogP contribution in [0.25, 0.3) is 0 Å². The van der Waals surface area contributed by atoms with E-state index in [4.69, 9.17) is 10.00 Å². The first-order valence-corrected chi connectivity index (χ1v) is 2.76. The van der Waals surface area contributed by atoms with Gasteiger partial charge in [-0.2, -0.15) is 5.26 Å². The van der Waals surface area contributed by atoms with E-state index < -0.39 is 0 Å². The van der Waals surface area contributed by atoms with E-state index in [1.807, 2.05) is 0 Å². The molecule has 0 saturated carbocycles. The van der Waals surface area contributed by atoms with Crippen LogP contribution >= 0.6 is 0 Å². The number of ether oxygens (including phenoxy) is 1. The minimum Gasteiger partial charge on any atom is -0.381 e. The van der Waals surface area contributed by atoms with Crippen LogP contribution in [0.15, 0.2) is 0 Å². The number of rotatable bonds is 0. The summed E-state index contributed by atoms with van der Waals surface area (Å²) in [5.74, 6) is 0.983. The van der Waals surface area contributed by atoms with Gasteiger partial charge in [-0.1, -0.05) is 0 Å². The van der Waals surface area contributed by atoms with Gasteiger partial charge in [0.1, 0.15) is 0 Å². The molecule has 0 amide bonds. The lowest BCUT2D eigenvalue weighted by molar-refractivity contribution is 0.111. The third-order valence-corrected chi connectivity index (χ3v) is 1.25. The molecule has 0 atom stereocenters. The molecule has 1 heterocycles. The highest BCUT2D eigenvalue weighted by atomic mass is 16.5. The molecule has 0 aromatic carbocycles. The maximum Gasteiger partial charge on any atom is 0.0805 e. The monoisotopic (exact) mass is 110 g/mol. The van der Waals surface area contributed by atoms with E-state index in [1.54, 1.807) is 0 Å². The smallest absolute Gasteiger partial charge is 0.0805 e. The Morgan fingerprint density at radius 2 is 2.00 bits per heavy atom. The molecule has 0 aromatic rings. The molecule has 8 heavy (non-hydrogen) atoms. The molecule has 1 rings (SSSR count). The van der Waals surface area contributed by atoms with Crippen LogP contribution in [0.4, 0.5) is 0 Å². The minimum absolute atomic E-state index is 0.739. The second kappa shape index (κ2) is 2.68. The molecule has 1 aliphatic heterocycles. The number of nitriles is 1. The van der Waals surface area contributed by atoms with Crippen LogP contribution in [0.1, 0.15) is 12.8 Å². The summed E-state index contributed by atoms with van der Waals surface area (Å²) < 4.78 is 5.03. The largest absolute Gasteiger partial charge is 0.381 e. The average molecular weight is 110 g/mol. The lowest BCUT2D eigenvalue weighted by Gasteiger charge is -2.13. The van der Waals surface area contributed by atoms with Crippen molar-refractivity contribution in [2.75, 3.05) is 13.2 Å². The molecule has 1 saturated heterocycles. The molecular weight excluding hydrogens is 102 g/mol. The summed E-state index contributed by atoms with van der Waals surface area (Å²) in [6, 6.07) is 2.14. The van der Waals surface area contributed by atoms with Gasteiger partial charge in [0.2, 0.25) is 0 Å². The number of hydrogen-bond donors (Lipinski definition) is 0. The van der Waals surface area contributed by atoms with Gasteiger partial charge in [-0.3, -0.25) is 0 Å². The molecule has 0 aliphatic carbocycles. The molecule has 43 valence electrons. The summed E-state index contributed by atoms with van der Waals surface area (Å²) in [4.78, 5) is 0. The highest BCUT2D eigenvalue weighted by Gasteiger charge is 2.12. The Morgan fingerprint density at radius 1 is 1.38 bits per heavy atom. The second-order valence-electron chi connectivity index (χ2n) is 1.83. The zero-order valence-electron chi connectivity index (χ0n) is 4.68. The van der Waals surface area contributed by atoms with Crippen LogP contribution in [0, 0.1) is 17.2 Å². The zero-order chi connectivity index (χ0) is 5.82. The lowest BCUT2D eigenvalue weighted by Crippen LogP contribution is -2.11. The fraction of sp³-hybridized carbons (Fsp3) is 0.667. The first-order valence-electron chi connectivity index (χ1n) is 2.76. The zero-order valence-corrected chi connectivity index (χ0v) is 4.68. The minimum atomic E-state index is 0.739. The Labute approximate surface area is 49.1 Å². The first kappa shape index (κ1) is 5.58. The highest BCUT2D eigenvalue weighted by molar-refractivity contribution is 5.11. The molecular formula is C6H8NO. The van der Waals surface area contributed by atoms with Crippen molar-refractivity contribution in [3.63, 3.8) is 0 Å². The maximum atomic E-state index is 8.35. The lowest BCUT2D eigenvalue weighted by atomic mass is 10.0. The Bertz CT molecular complexity index is 99.6. The van der Waals surface area contributed by atoms with Gasteiger partial charge >= 0.3 is 0 Å². The molecule has 0 N–H and O–H groups in total. The van der Waals surface area contributed by atoms with E-state index in [0.717, 1.165) is 32.0 Å². The van der Waals surface area contributed by atoms with E-state index in [-0.39, 0.29) is 0 Å². The molecule has 2 heteroatoms. The van der Waals surface area contributed by atoms with Crippen molar-refractivity contribution < 1.29 is 4.74 Å². The molecule has 1 aliphatic rings. The summed E-state index contributed by atoms with van der Waals surface area (Å²) in [5, 5.41) is 8.35. The fourth-order valence-electron chi connectivity index (χ4n) is 0.730. The quantitative estimate of drug-likeness (QED) is 0.464. The summed E-state index contributed by atoms with van der Waals surface area (Å²) in [7, 11) is 0. The third-order valence-electron chi connectivity index (χ3n) is 1.25. The summed E-state index contributed by atoms with van der Waals surface area (Å²) in [6.07, 6.45) is 1.69. The van der Waals surface area contributed by atoms with Crippen molar-refractivity contribution >= 4 is 0 Å². The SMILES string of the molecule is N#C[C]1CCOCC1. The molecule has 0 unspecified atom stereocenters. The van der Waals surface area contributed by atoms with Gasteiger partial charge in [0.05, 0.1) is 12.0 Å². The second-order valence-corrected chi connectivity index (χ2v) is 1.83. The standard InChI is InChI=1S/C6H8NO/c7-5-6-1-3-8-4-2-6/h1-4H2. The van der Waals surface area contributed by atoms with Crippen molar-refractivity contribution in [2.24, 2.45) is 0 Å². The normalized spacial score (nSPS) is 22.4. The van der Waals surface area contributed by atoms with Gasteiger partial charge in [0.25, 0.3) is 0 Å². The van der Waals surface area contributed by atoms with Crippen molar-refractivity contribution in [2.45, 2.75) is 12.8 Å². The average Bonchev–Trinajstić information content (AvgIpc) is 1.90. The molecule has 0 spiro atoms. The van der Waals surface area contributed by atoms with Crippen LogP contribution in [-0.2, 0) is 4.74 Å². The highest BCUT2D eigenvalue weighted by Crippen LogP contribution is 2.14. The molecule has 1 radical (unpaired) electrons. The van der Waals surface area contributed by atoms with E-state index in [2.05, 4.69) is 6.07 Å². The maximum absolute atomic E-state index is 8.35. The molecule has 0 aromatic heterocycles. The Hall–Kier alpha value is -0.550. The van der Waals surface area contributed by atoms with E-state index in [0.29, 0.717) is 0 Å². The van der Waals surface area contributed by atoms with Crippen LogP contribution in [0.3, 0.4) is 0 Å². The Balaban J connectivity index is 2.25. The summed E-state index contributed by atoms with van der Waals surface area (Å²) in [5.41, 5.74) is 0. The van der Waals surface area contributed by atoms with Crippen molar-refractivity contribution in [3.05, 3.63) is 5.92 Å². The Kier molecular flexibility index (Phi) is 1.87. The number of hydrogen-bond acceptors (Lipinski definition) is 2. The first-order chi connectivity index (χ1) is 3.93. The molecule has 0 bridgehead atoms. The predicted molar refractivity (Wildman–Crippen MR) is 28.9 cm³/mol. The number of nitrogens with zero attached hydrogens (tertiary/aromatic N) is 1. The van der Waals surface area contributed by atoms with Crippen molar-refractivity contribution in [1.29, 1.82) is 5.26 Å². The predicted octanol–water partition coefficient (Wildman–Crippen LogP) is 0.895.